The van der Waals surface area contributed by atoms with Crippen LogP contribution in [0.15, 0.2) is 21.3 Å². The molecule has 2 aromatic rings. The van der Waals surface area contributed by atoms with Gasteiger partial charge in [0, 0.05) is 11.5 Å². The van der Waals surface area contributed by atoms with Crippen LogP contribution in [0.3, 0.4) is 0 Å². The quantitative estimate of drug-likeness (QED) is 0.714. The first-order valence-corrected chi connectivity index (χ1v) is 8.48. The lowest BCUT2D eigenvalue weighted by Crippen LogP contribution is -2.41. The minimum Gasteiger partial charge on any atom is -0.495 e. The lowest BCUT2D eigenvalue weighted by molar-refractivity contribution is -0.141. The van der Waals surface area contributed by atoms with Gasteiger partial charge in [0.25, 0.3) is 0 Å². The number of ether oxygens (including phenoxy) is 1. The van der Waals surface area contributed by atoms with Gasteiger partial charge in [0.15, 0.2) is 0 Å². The SMILES string of the molecule is CCC[C@@H](NC(=O)Cc1c(C)c2cc(Cl)c(OC)cc2oc1=O)C(=O)O. The molecule has 7 nitrogen and oxygen atoms in total. The maximum atomic E-state index is 12.3. The Kier molecular flexibility index (Phi) is 6.26. The van der Waals surface area contributed by atoms with E-state index in [1.54, 1.807) is 13.0 Å². The van der Waals surface area contributed by atoms with Crippen molar-refractivity contribution < 1.29 is 23.8 Å². The molecule has 0 radical (unpaired) electrons. The number of benzene rings is 1. The number of methoxy groups -OCH3 is 1. The normalized spacial score (nSPS) is 12.0. The fourth-order valence-corrected chi connectivity index (χ4v) is 2.94. The van der Waals surface area contributed by atoms with Crippen LogP contribution in [0.1, 0.15) is 30.9 Å². The highest BCUT2D eigenvalue weighted by molar-refractivity contribution is 6.32. The number of amides is 1. The number of carboxylic acid groups (broad SMARTS) is 1. The van der Waals surface area contributed by atoms with Gasteiger partial charge in [-0.3, -0.25) is 4.79 Å². The van der Waals surface area contributed by atoms with Gasteiger partial charge < -0.3 is 19.6 Å². The summed E-state index contributed by atoms with van der Waals surface area (Å²) >= 11 is 6.12. The van der Waals surface area contributed by atoms with Crippen molar-refractivity contribution in [3.63, 3.8) is 0 Å². The van der Waals surface area contributed by atoms with Crippen LogP contribution < -0.4 is 15.7 Å². The third-order valence-corrected chi connectivity index (χ3v) is 4.40. The van der Waals surface area contributed by atoms with Crippen molar-refractivity contribution in [1.82, 2.24) is 5.32 Å². The predicted octanol–water partition coefficient (Wildman–Crippen LogP) is 2.68. The number of carbonyl (C=O) groups is 2. The summed E-state index contributed by atoms with van der Waals surface area (Å²) in [6.07, 6.45) is 0.637. The third kappa shape index (κ3) is 4.16. The van der Waals surface area contributed by atoms with E-state index in [1.165, 1.54) is 13.2 Å². The molecule has 1 aromatic heterocycles. The predicted molar refractivity (Wildman–Crippen MR) is 97.0 cm³/mol. The molecule has 0 aliphatic rings. The fraction of sp³-hybridized carbons (Fsp3) is 0.389. The Bertz CT molecular complexity index is 905. The minimum absolute atomic E-state index is 0.164. The summed E-state index contributed by atoms with van der Waals surface area (Å²) in [4.78, 5) is 35.7. The Morgan fingerprint density at radius 2 is 2.08 bits per heavy atom. The number of carboxylic acids is 1. The van der Waals surface area contributed by atoms with Crippen LogP contribution in [-0.4, -0.2) is 30.1 Å². The number of carbonyl (C=O) groups excluding carboxylic acids is 1. The molecule has 0 saturated carbocycles. The lowest BCUT2D eigenvalue weighted by atomic mass is 10.0. The summed E-state index contributed by atoms with van der Waals surface area (Å²) in [5.41, 5.74) is 0.361. The van der Waals surface area contributed by atoms with E-state index in [2.05, 4.69) is 5.32 Å². The molecule has 1 atom stereocenters. The number of rotatable bonds is 7. The van der Waals surface area contributed by atoms with Gasteiger partial charge in [-0.05, 0) is 25.0 Å². The van der Waals surface area contributed by atoms with Crippen molar-refractivity contribution >= 4 is 34.4 Å². The molecule has 140 valence electrons. The van der Waals surface area contributed by atoms with Crippen molar-refractivity contribution in [2.45, 2.75) is 39.2 Å². The Hall–Kier alpha value is -2.54. The van der Waals surface area contributed by atoms with Crippen LogP contribution in [0, 0.1) is 6.92 Å². The van der Waals surface area contributed by atoms with Gasteiger partial charge in [-0.1, -0.05) is 24.9 Å². The van der Waals surface area contributed by atoms with Crippen molar-refractivity contribution in [3.8, 4) is 5.75 Å². The van der Waals surface area contributed by atoms with Crippen molar-refractivity contribution in [2.75, 3.05) is 7.11 Å². The number of aliphatic carboxylic acids is 1. The van der Waals surface area contributed by atoms with Gasteiger partial charge in [-0.15, -0.1) is 0 Å². The molecule has 0 aliphatic carbocycles. The van der Waals surface area contributed by atoms with Gasteiger partial charge >= 0.3 is 11.6 Å². The first-order valence-electron chi connectivity index (χ1n) is 8.10. The van der Waals surface area contributed by atoms with Crippen LogP contribution in [0.25, 0.3) is 11.0 Å². The van der Waals surface area contributed by atoms with Crippen molar-refractivity contribution in [3.05, 3.63) is 38.7 Å². The van der Waals surface area contributed by atoms with E-state index >= 15 is 0 Å². The minimum atomic E-state index is -1.11. The average molecular weight is 382 g/mol. The van der Waals surface area contributed by atoms with Crippen LogP contribution in [0.2, 0.25) is 5.02 Å². The Labute approximate surface area is 154 Å². The molecule has 0 saturated heterocycles. The second-order valence-corrected chi connectivity index (χ2v) is 6.31. The molecular formula is C18H20ClNO6. The molecule has 26 heavy (non-hydrogen) atoms. The second kappa shape index (κ2) is 8.23. The molecule has 8 heteroatoms. The van der Waals surface area contributed by atoms with Crippen LogP contribution in [0.5, 0.6) is 5.75 Å². The Morgan fingerprint density at radius 1 is 1.38 bits per heavy atom. The summed E-state index contributed by atoms with van der Waals surface area (Å²) in [7, 11) is 1.45. The fourth-order valence-electron chi connectivity index (χ4n) is 2.70. The summed E-state index contributed by atoms with van der Waals surface area (Å²) < 4.78 is 10.4. The first kappa shape index (κ1) is 19.8. The zero-order valence-electron chi connectivity index (χ0n) is 14.7. The average Bonchev–Trinajstić information content (AvgIpc) is 2.58. The molecule has 1 amide bonds. The number of halogens is 1. The monoisotopic (exact) mass is 381 g/mol. The number of hydrogen-bond donors (Lipinski definition) is 2. The third-order valence-electron chi connectivity index (χ3n) is 4.11. The molecule has 0 bridgehead atoms. The number of fused-ring (bicyclic) bond motifs is 1. The first-order chi connectivity index (χ1) is 12.3. The summed E-state index contributed by atoms with van der Waals surface area (Å²) in [6, 6.07) is 2.13. The Morgan fingerprint density at radius 3 is 2.65 bits per heavy atom. The standard InChI is InChI=1S/C18H20ClNO6/c1-4-5-13(17(22)23)20-16(21)7-11-9(2)10-6-12(19)15(25-3)8-14(10)26-18(11)24/h6,8,13H,4-5,7H2,1-3H3,(H,20,21)(H,22,23)/t13-/m1/s1. The number of aryl methyl sites for hydroxylation is 1. The van der Waals surface area contributed by atoms with E-state index in [1.807, 2.05) is 6.92 Å². The summed E-state index contributed by atoms with van der Waals surface area (Å²) in [5, 5.41) is 12.5. The van der Waals surface area contributed by atoms with Gasteiger partial charge in [0.1, 0.15) is 17.4 Å². The van der Waals surface area contributed by atoms with E-state index < -0.39 is 23.5 Å². The molecule has 2 rings (SSSR count). The van der Waals surface area contributed by atoms with E-state index in [-0.39, 0.29) is 12.0 Å². The van der Waals surface area contributed by atoms with Gasteiger partial charge in [0.05, 0.1) is 24.1 Å². The van der Waals surface area contributed by atoms with Gasteiger partial charge in [-0.25, -0.2) is 9.59 Å². The second-order valence-electron chi connectivity index (χ2n) is 5.90. The summed E-state index contributed by atoms with van der Waals surface area (Å²) in [6.45, 7) is 3.51. The molecule has 1 heterocycles. The largest absolute Gasteiger partial charge is 0.495 e. The van der Waals surface area contributed by atoms with E-state index in [0.717, 1.165) is 0 Å². The lowest BCUT2D eigenvalue weighted by Gasteiger charge is -2.14. The van der Waals surface area contributed by atoms with Crippen LogP contribution in [0.4, 0.5) is 0 Å². The highest BCUT2D eigenvalue weighted by Crippen LogP contribution is 2.31. The van der Waals surface area contributed by atoms with Crippen LogP contribution >= 0.6 is 11.6 Å². The molecule has 0 aliphatic heterocycles. The topological polar surface area (TPSA) is 106 Å². The number of hydrogen-bond acceptors (Lipinski definition) is 5. The molecule has 1 aromatic carbocycles. The van der Waals surface area contributed by atoms with Crippen molar-refractivity contribution in [1.29, 1.82) is 0 Å². The highest BCUT2D eigenvalue weighted by atomic mass is 35.5. The molecule has 0 spiro atoms. The zero-order valence-corrected chi connectivity index (χ0v) is 15.5. The van der Waals surface area contributed by atoms with Gasteiger partial charge in [0.2, 0.25) is 5.91 Å². The Balaban J connectivity index is 2.36. The highest BCUT2D eigenvalue weighted by Gasteiger charge is 2.21. The molecule has 2 N–H and O–H groups in total. The van der Waals surface area contributed by atoms with Crippen LogP contribution in [-0.2, 0) is 16.0 Å². The maximum Gasteiger partial charge on any atom is 0.340 e. The molecule has 0 fully saturated rings. The van der Waals surface area contributed by atoms with E-state index in [4.69, 9.17) is 25.9 Å². The van der Waals surface area contributed by atoms with E-state index in [0.29, 0.717) is 40.1 Å². The molecule has 0 unspecified atom stereocenters. The number of nitrogens with one attached hydrogen (secondary N) is 1. The summed E-state index contributed by atoms with van der Waals surface area (Å²) in [5.74, 6) is -1.29. The van der Waals surface area contributed by atoms with Crippen molar-refractivity contribution in [2.24, 2.45) is 0 Å². The zero-order chi connectivity index (χ0) is 19.4. The smallest absolute Gasteiger partial charge is 0.340 e. The van der Waals surface area contributed by atoms with E-state index in [9.17, 15) is 14.4 Å². The van der Waals surface area contributed by atoms with Gasteiger partial charge in [-0.2, -0.15) is 0 Å². The maximum absolute atomic E-state index is 12.3. The molecular weight excluding hydrogens is 362 g/mol.